The van der Waals surface area contributed by atoms with Crippen molar-refractivity contribution in [3.63, 3.8) is 0 Å². The highest BCUT2D eigenvalue weighted by Crippen LogP contribution is 2.19. The lowest BCUT2D eigenvalue weighted by Crippen LogP contribution is -2.05. The zero-order valence-electron chi connectivity index (χ0n) is 12.5. The highest BCUT2D eigenvalue weighted by atomic mass is 16.5. The molecule has 0 unspecified atom stereocenters. The van der Waals surface area contributed by atoms with Crippen LogP contribution >= 0.6 is 0 Å². The van der Waals surface area contributed by atoms with Gasteiger partial charge in [-0.15, -0.1) is 0 Å². The maximum Gasteiger partial charge on any atom is 0.122 e. The zero-order valence-corrected chi connectivity index (χ0v) is 12.5. The largest absolute Gasteiger partial charge is 0.493 e. The summed E-state index contributed by atoms with van der Waals surface area (Å²) in [5.74, 6) is 1.89. The Morgan fingerprint density at radius 3 is 2.30 bits per heavy atom. The van der Waals surface area contributed by atoms with Crippen LogP contribution in [0.2, 0.25) is 0 Å². The summed E-state index contributed by atoms with van der Waals surface area (Å²) >= 11 is 0. The second-order valence-electron chi connectivity index (χ2n) is 5.14. The molecule has 0 heterocycles. The maximum absolute atomic E-state index is 5.77. The Labute approximate surface area is 121 Å². The van der Waals surface area contributed by atoms with Gasteiger partial charge < -0.3 is 9.47 Å². The quantitative estimate of drug-likeness (QED) is 0.721. The van der Waals surface area contributed by atoms with Gasteiger partial charge in [-0.1, -0.05) is 29.8 Å². The van der Waals surface area contributed by atoms with Crippen molar-refractivity contribution in [1.82, 2.24) is 0 Å². The average molecular weight is 270 g/mol. The van der Waals surface area contributed by atoms with Crippen LogP contribution in [0.1, 0.15) is 23.1 Å². The minimum Gasteiger partial charge on any atom is -0.493 e. The summed E-state index contributed by atoms with van der Waals surface area (Å²) in [5, 5.41) is 0. The first-order valence-electron chi connectivity index (χ1n) is 7.04. The Hall–Kier alpha value is -1.96. The fraction of sp³-hybridized carbons (Fsp3) is 0.333. The number of rotatable bonds is 6. The van der Waals surface area contributed by atoms with Crippen LogP contribution in [0.3, 0.4) is 0 Å². The predicted octanol–water partition coefficient (Wildman–Crippen LogP) is 4.46. The molecule has 0 amide bonds. The van der Waals surface area contributed by atoms with Gasteiger partial charge in [-0.25, -0.2) is 0 Å². The van der Waals surface area contributed by atoms with Crippen molar-refractivity contribution in [2.75, 3.05) is 13.2 Å². The third-order valence-corrected chi connectivity index (χ3v) is 3.13. The van der Waals surface area contributed by atoms with Crippen LogP contribution in [0, 0.1) is 20.8 Å². The molecule has 0 N–H and O–H groups in total. The molecule has 0 aromatic heterocycles. The molecule has 2 aromatic carbocycles. The van der Waals surface area contributed by atoms with Gasteiger partial charge >= 0.3 is 0 Å². The molecule has 2 heteroatoms. The van der Waals surface area contributed by atoms with Gasteiger partial charge in [0.25, 0.3) is 0 Å². The SMILES string of the molecule is Cc1cccc(OCCCOc2ccc(C)cc2C)c1. The summed E-state index contributed by atoms with van der Waals surface area (Å²) in [6.45, 7) is 7.58. The van der Waals surface area contributed by atoms with E-state index < -0.39 is 0 Å². The number of benzene rings is 2. The first-order valence-corrected chi connectivity index (χ1v) is 7.04. The third-order valence-electron chi connectivity index (χ3n) is 3.13. The van der Waals surface area contributed by atoms with E-state index in [1.807, 2.05) is 24.3 Å². The van der Waals surface area contributed by atoms with E-state index >= 15 is 0 Å². The Kier molecular flexibility index (Phi) is 5.05. The Balaban J connectivity index is 1.71. The van der Waals surface area contributed by atoms with Crippen molar-refractivity contribution >= 4 is 0 Å². The summed E-state index contributed by atoms with van der Waals surface area (Å²) in [6, 6.07) is 14.4. The average Bonchev–Trinajstić information content (AvgIpc) is 2.41. The minimum atomic E-state index is 0.675. The second kappa shape index (κ2) is 6.99. The Bertz CT molecular complexity index is 561. The number of hydrogen-bond acceptors (Lipinski definition) is 2. The molecule has 0 atom stereocenters. The van der Waals surface area contributed by atoms with Gasteiger partial charge in [-0.2, -0.15) is 0 Å². The van der Waals surface area contributed by atoms with Crippen molar-refractivity contribution in [3.05, 3.63) is 59.2 Å². The van der Waals surface area contributed by atoms with Gasteiger partial charge in [0.1, 0.15) is 11.5 Å². The summed E-state index contributed by atoms with van der Waals surface area (Å²) < 4.78 is 11.5. The van der Waals surface area contributed by atoms with E-state index in [0.29, 0.717) is 13.2 Å². The Morgan fingerprint density at radius 1 is 0.800 bits per heavy atom. The van der Waals surface area contributed by atoms with E-state index in [9.17, 15) is 0 Å². The van der Waals surface area contributed by atoms with E-state index in [4.69, 9.17) is 9.47 Å². The van der Waals surface area contributed by atoms with Crippen LogP contribution < -0.4 is 9.47 Å². The molecule has 0 bridgehead atoms. The van der Waals surface area contributed by atoms with Gasteiger partial charge in [0.2, 0.25) is 0 Å². The van der Waals surface area contributed by atoms with E-state index in [1.54, 1.807) is 0 Å². The topological polar surface area (TPSA) is 18.5 Å². The lowest BCUT2D eigenvalue weighted by atomic mass is 10.1. The molecule has 0 radical (unpaired) electrons. The van der Waals surface area contributed by atoms with Crippen LogP contribution in [0.5, 0.6) is 11.5 Å². The maximum atomic E-state index is 5.77. The third kappa shape index (κ3) is 4.30. The molecule has 0 spiro atoms. The summed E-state index contributed by atoms with van der Waals surface area (Å²) in [7, 11) is 0. The molecule has 0 aliphatic carbocycles. The van der Waals surface area contributed by atoms with Gasteiger partial charge in [0, 0.05) is 6.42 Å². The Morgan fingerprint density at radius 2 is 1.55 bits per heavy atom. The number of hydrogen-bond donors (Lipinski definition) is 0. The van der Waals surface area contributed by atoms with E-state index in [-0.39, 0.29) is 0 Å². The summed E-state index contributed by atoms with van der Waals surface area (Å²) in [4.78, 5) is 0. The van der Waals surface area contributed by atoms with Crippen LogP contribution in [-0.2, 0) is 0 Å². The van der Waals surface area contributed by atoms with Gasteiger partial charge in [0.15, 0.2) is 0 Å². The first-order chi connectivity index (χ1) is 9.65. The lowest BCUT2D eigenvalue weighted by Gasteiger charge is -2.10. The van der Waals surface area contributed by atoms with Gasteiger partial charge in [-0.3, -0.25) is 0 Å². The molecule has 2 aromatic rings. The second-order valence-corrected chi connectivity index (χ2v) is 5.14. The highest BCUT2D eigenvalue weighted by molar-refractivity contribution is 5.35. The normalized spacial score (nSPS) is 10.3. The molecule has 0 fully saturated rings. The fourth-order valence-electron chi connectivity index (χ4n) is 2.10. The fourth-order valence-corrected chi connectivity index (χ4v) is 2.10. The molecule has 0 saturated carbocycles. The van der Waals surface area contributed by atoms with E-state index in [0.717, 1.165) is 17.9 Å². The molecule has 106 valence electrons. The van der Waals surface area contributed by atoms with Crippen LogP contribution in [0.25, 0.3) is 0 Å². The van der Waals surface area contributed by atoms with E-state index in [1.165, 1.54) is 16.7 Å². The molecule has 0 aliphatic heterocycles. The molecule has 0 saturated heterocycles. The van der Waals surface area contributed by atoms with Crippen LogP contribution in [-0.4, -0.2) is 13.2 Å². The van der Waals surface area contributed by atoms with Crippen molar-refractivity contribution < 1.29 is 9.47 Å². The molecule has 20 heavy (non-hydrogen) atoms. The van der Waals surface area contributed by atoms with E-state index in [2.05, 4.69) is 39.0 Å². The summed E-state index contributed by atoms with van der Waals surface area (Å²) in [5.41, 5.74) is 3.66. The van der Waals surface area contributed by atoms with Crippen molar-refractivity contribution in [2.45, 2.75) is 27.2 Å². The van der Waals surface area contributed by atoms with Crippen LogP contribution in [0.15, 0.2) is 42.5 Å². The monoisotopic (exact) mass is 270 g/mol. The highest BCUT2D eigenvalue weighted by Gasteiger charge is 2.00. The minimum absolute atomic E-state index is 0.675. The zero-order chi connectivity index (χ0) is 14.4. The van der Waals surface area contributed by atoms with Crippen molar-refractivity contribution in [1.29, 1.82) is 0 Å². The van der Waals surface area contributed by atoms with Crippen LogP contribution in [0.4, 0.5) is 0 Å². The number of aryl methyl sites for hydroxylation is 3. The number of ether oxygens (including phenoxy) is 2. The molecular weight excluding hydrogens is 248 g/mol. The molecule has 2 rings (SSSR count). The molecule has 0 aliphatic rings. The smallest absolute Gasteiger partial charge is 0.122 e. The standard InChI is InChI=1S/C18H22O2/c1-14-6-4-7-17(13-14)19-10-5-11-20-18-9-8-15(2)12-16(18)3/h4,6-9,12-13H,5,10-11H2,1-3H3. The first kappa shape index (κ1) is 14.4. The van der Waals surface area contributed by atoms with Gasteiger partial charge in [-0.05, 0) is 50.1 Å². The van der Waals surface area contributed by atoms with Gasteiger partial charge in [0.05, 0.1) is 13.2 Å². The van der Waals surface area contributed by atoms with Crippen molar-refractivity contribution in [2.24, 2.45) is 0 Å². The predicted molar refractivity (Wildman–Crippen MR) is 82.7 cm³/mol. The van der Waals surface area contributed by atoms with Crippen molar-refractivity contribution in [3.8, 4) is 11.5 Å². The lowest BCUT2D eigenvalue weighted by molar-refractivity contribution is 0.246. The molecule has 2 nitrogen and oxygen atoms in total. The summed E-state index contributed by atoms with van der Waals surface area (Å²) in [6.07, 6.45) is 0.876. The molecular formula is C18H22O2.